The molecule has 0 saturated carbocycles. The number of anilines is 1. The lowest BCUT2D eigenvalue weighted by molar-refractivity contribution is -0.133. The number of carbonyl (C=O) groups is 3. The summed E-state index contributed by atoms with van der Waals surface area (Å²) in [6, 6.07) is 20.8. The molecule has 0 aliphatic carbocycles. The molecule has 1 heterocycles. The molecular weight excluding hydrogens is 462 g/mol. The Labute approximate surface area is 209 Å². The van der Waals surface area contributed by atoms with Gasteiger partial charge in [0.15, 0.2) is 11.5 Å². The van der Waals surface area contributed by atoms with Crippen LogP contribution in [0.4, 0.5) is 10.5 Å². The van der Waals surface area contributed by atoms with Gasteiger partial charge in [-0.05, 0) is 61.0 Å². The molecule has 0 radical (unpaired) electrons. The van der Waals surface area contributed by atoms with E-state index in [1.807, 2.05) is 30.3 Å². The van der Waals surface area contributed by atoms with Gasteiger partial charge in [-0.3, -0.25) is 14.5 Å². The van der Waals surface area contributed by atoms with Crippen molar-refractivity contribution in [2.75, 3.05) is 26.1 Å². The van der Waals surface area contributed by atoms with Crippen molar-refractivity contribution in [3.63, 3.8) is 0 Å². The van der Waals surface area contributed by atoms with Gasteiger partial charge in [0, 0.05) is 12.1 Å². The van der Waals surface area contributed by atoms with E-state index in [9.17, 15) is 14.4 Å². The van der Waals surface area contributed by atoms with E-state index in [4.69, 9.17) is 14.2 Å². The van der Waals surface area contributed by atoms with Crippen molar-refractivity contribution < 1.29 is 28.6 Å². The van der Waals surface area contributed by atoms with Crippen molar-refractivity contribution in [3.05, 3.63) is 78.4 Å². The second-order valence-corrected chi connectivity index (χ2v) is 8.51. The third-order valence-electron chi connectivity index (χ3n) is 5.77. The lowest BCUT2D eigenvalue weighted by Gasteiger charge is -2.22. The number of benzene rings is 3. The van der Waals surface area contributed by atoms with Gasteiger partial charge in [-0.1, -0.05) is 24.3 Å². The molecule has 2 N–H and O–H groups in total. The van der Waals surface area contributed by atoms with E-state index in [0.717, 1.165) is 10.5 Å². The van der Waals surface area contributed by atoms with Crippen LogP contribution in [0.3, 0.4) is 0 Å². The zero-order valence-corrected chi connectivity index (χ0v) is 20.2. The smallest absolute Gasteiger partial charge is 0.325 e. The van der Waals surface area contributed by atoms with Gasteiger partial charge in [-0.15, -0.1) is 0 Å². The number of ether oxygens (including phenoxy) is 3. The molecule has 1 aliphatic rings. The molecule has 0 aromatic heterocycles. The number of methoxy groups -OCH3 is 2. The van der Waals surface area contributed by atoms with E-state index in [-0.39, 0.29) is 6.42 Å². The summed E-state index contributed by atoms with van der Waals surface area (Å²) in [5.41, 5.74) is 0.0846. The van der Waals surface area contributed by atoms with E-state index in [2.05, 4.69) is 10.6 Å². The maximum absolute atomic E-state index is 13.1. The van der Waals surface area contributed by atoms with Gasteiger partial charge >= 0.3 is 6.03 Å². The number of urea groups is 1. The van der Waals surface area contributed by atoms with Crippen molar-refractivity contribution in [1.29, 1.82) is 0 Å². The molecular formula is C27H27N3O6. The first-order chi connectivity index (χ1) is 17.3. The van der Waals surface area contributed by atoms with Crippen LogP contribution >= 0.6 is 0 Å². The minimum atomic E-state index is -1.20. The second-order valence-electron chi connectivity index (χ2n) is 8.51. The maximum atomic E-state index is 13.1. The standard InChI is InChI=1S/C27H27N3O6/c1-27(16-18-9-14-22(34-2)23(15-18)35-3)25(32)30(26(33)29-27)17-24(31)28-19-10-12-21(13-11-19)36-20-7-5-4-6-8-20/h4-15H,16-17H2,1-3H3,(H,28,31)(H,29,33). The molecule has 186 valence electrons. The van der Waals surface area contributed by atoms with E-state index in [0.29, 0.717) is 28.7 Å². The van der Waals surface area contributed by atoms with E-state index in [1.54, 1.807) is 49.4 Å². The Hall–Kier alpha value is -4.53. The molecule has 0 bridgehead atoms. The predicted molar refractivity (Wildman–Crippen MR) is 133 cm³/mol. The van der Waals surface area contributed by atoms with Crippen LogP contribution in [0.25, 0.3) is 0 Å². The van der Waals surface area contributed by atoms with E-state index < -0.39 is 29.9 Å². The average Bonchev–Trinajstić information content (AvgIpc) is 3.08. The summed E-state index contributed by atoms with van der Waals surface area (Å²) in [5, 5.41) is 5.42. The molecule has 0 spiro atoms. The SMILES string of the molecule is COc1ccc(CC2(C)NC(=O)N(CC(=O)Nc3ccc(Oc4ccccc4)cc3)C2=O)cc1OC. The molecule has 1 unspecified atom stereocenters. The molecule has 36 heavy (non-hydrogen) atoms. The minimum absolute atomic E-state index is 0.221. The molecule has 3 aromatic carbocycles. The number of para-hydroxylation sites is 1. The van der Waals surface area contributed by atoms with Gasteiger partial charge in [0.25, 0.3) is 5.91 Å². The topological polar surface area (TPSA) is 106 Å². The predicted octanol–water partition coefficient (Wildman–Crippen LogP) is 3.99. The fourth-order valence-corrected chi connectivity index (χ4v) is 3.98. The summed E-state index contributed by atoms with van der Waals surface area (Å²) in [7, 11) is 3.06. The van der Waals surface area contributed by atoms with Crippen LogP contribution in [0.2, 0.25) is 0 Å². The Balaban J connectivity index is 1.37. The number of carbonyl (C=O) groups excluding carboxylic acids is 3. The Bertz CT molecular complexity index is 1260. The fraction of sp³-hybridized carbons (Fsp3) is 0.222. The third kappa shape index (κ3) is 5.41. The number of imide groups is 1. The molecule has 4 rings (SSSR count). The van der Waals surface area contributed by atoms with E-state index >= 15 is 0 Å². The van der Waals surface area contributed by atoms with Gasteiger partial charge in [-0.25, -0.2) is 4.79 Å². The van der Waals surface area contributed by atoms with Crippen molar-refractivity contribution in [3.8, 4) is 23.0 Å². The molecule has 9 heteroatoms. The minimum Gasteiger partial charge on any atom is -0.493 e. The van der Waals surface area contributed by atoms with Crippen LogP contribution in [0.1, 0.15) is 12.5 Å². The van der Waals surface area contributed by atoms with Crippen LogP contribution in [-0.4, -0.2) is 49.0 Å². The van der Waals surface area contributed by atoms with Gasteiger partial charge < -0.3 is 24.8 Å². The number of nitrogens with one attached hydrogen (secondary N) is 2. The normalized spacial score (nSPS) is 16.9. The van der Waals surface area contributed by atoms with Crippen molar-refractivity contribution in [2.24, 2.45) is 0 Å². The Morgan fingerprint density at radius 3 is 2.25 bits per heavy atom. The monoisotopic (exact) mass is 489 g/mol. The largest absolute Gasteiger partial charge is 0.493 e. The fourth-order valence-electron chi connectivity index (χ4n) is 3.98. The number of hydrogen-bond donors (Lipinski definition) is 2. The Morgan fingerprint density at radius 2 is 1.58 bits per heavy atom. The summed E-state index contributed by atoms with van der Waals surface area (Å²) >= 11 is 0. The van der Waals surface area contributed by atoms with Crippen LogP contribution in [0.15, 0.2) is 72.8 Å². The quantitative estimate of drug-likeness (QED) is 0.441. The lowest BCUT2D eigenvalue weighted by atomic mass is 9.92. The summed E-state index contributed by atoms with van der Waals surface area (Å²) in [5.74, 6) is 1.41. The third-order valence-corrected chi connectivity index (χ3v) is 5.77. The lowest BCUT2D eigenvalue weighted by Crippen LogP contribution is -2.46. The number of amides is 4. The van der Waals surface area contributed by atoms with Crippen molar-refractivity contribution >= 4 is 23.5 Å². The Kier molecular flexibility index (Phi) is 7.10. The highest BCUT2D eigenvalue weighted by Gasteiger charge is 2.48. The molecule has 1 aliphatic heterocycles. The molecule has 1 fully saturated rings. The maximum Gasteiger partial charge on any atom is 0.325 e. The molecule has 4 amide bonds. The number of nitrogens with zero attached hydrogens (tertiary/aromatic N) is 1. The van der Waals surface area contributed by atoms with Gasteiger partial charge in [0.1, 0.15) is 23.6 Å². The summed E-state index contributed by atoms with van der Waals surface area (Å²) in [4.78, 5) is 39.2. The number of hydrogen-bond acceptors (Lipinski definition) is 6. The highest BCUT2D eigenvalue weighted by atomic mass is 16.5. The zero-order valence-electron chi connectivity index (χ0n) is 20.2. The molecule has 3 aromatic rings. The first-order valence-electron chi connectivity index (χ1n) is 11.3. The van der Waals surface area contributed by atoms with Crippen LogP contribution in [0, 0.1) is 0 Å². The van der Waals surface area contributed by atoms with Crippen LogP contribution < -0.4 is 24.8 Å². The summed E-state index contributed by atoms with van der Waals surface area (Å²) in [6.45, 7) is 1.22. The summed E-state index contributed by atoms with van der Waals surface area (Å²) in [6.07, 6.45) is 0.221. The van der Waals surface area contributed by atoms with Crippen molar-refractivity contribution in [1.82, 2.24) is 10.2 Å². The molecule has 1 saturated heterocycles. The van der Waals surface area contributed by atoms with Crippen LogP contribution in [0.5, 0.6) is 23.0 Å². The average molecular weight is 490 g/mol. The second kappa shape index (κ2) is 10.4. The first-order valence-corrected chi connectivity index (χ1v) is 11.3. The molecule has 1 atom stereocenters. The van der Waals surface area contributed by atoms with Gasteiger partial charge in [0.05, 0.1) is 14.2 Å². The van der Waals surface area contributed by atoms with Gasteiger partial charge in [0.2, 0.25) is 5.91 Å². The summed E-state index contributed by atoms with van der Waals surface area (Å²) < 4.78 is 16.3. The molecule has 9 nitrogen and oxygen atoms in total. The van der Waals surface area contributed by atoms with Gasteiger partial charge in [-0.2, -0.15) is 0 Å². The first kappa shape index (κ1) is 24.6. The highest BCUT2D eigenvalue weighted by Crippen LogP contribution is 2.30. The Morgan fingerprint density at radius 1 is 0.917 bits per heavy atom. The zero-order chi connectivity index (χ0) is 25.7. The van der Waals surface area contributed by atoms with Crippen molar-refractivity contribution in [2.45, 2.75) is 18.9 Å². The van der Waals surface area contributed by atoms with Crippen LogP contribution in [-0.2, 0) is 16.0 Å². The number of rotatable bonds is 9. The highest BCUT2D eigenvalue weighted by molar-refractivity contribution is 6.10. The van der Waals surface area contributed by atoms with E-state index in [1.165, 1.54) is 14.2 Å².